The van der Waals surface area contributed by atoms with E-state index in [0.717, 1.165) is 16.7 Å². The van der Waals surface area contributed by atoms with Gasteiger partial charge in [0.25, 0.3) is 0 Å². The summed E-state index contributed by atoms with van der Waals surface area (Å²) in [6.45, 7) is 3.36. The molecule has 228 valence electrons. The number of ether oxygens (including phenoxy) is 4. The van der Waals surface area contributed by atoms with E-state index in [1.54, 1.807) is 0 Å². The average Bonchev–Trinajstić information content (AvgIpc) is 3.31. The zero-order valence-corrected chi connectivity index (χ0v) is 24.9. The van der Waals surface area contributed by atoms with Crippen LogP contribution in [0.15, 0.2) is 91.0 Å². The quantitative estimate of drug-likeness (QED) is 0.149. The third-order valence-electron chi connectivity index (χ3n) is 6.82. The Labute approximate surface area is 246 Å². The highest BCUT2D eigenvalue weighted by molar-refractivity contribution is 7.55. The first-order chi connectivity index (χ1) is 20.3. The highest BCUT2D eigenvalue weighted by Crippen LogP contribution is 2.64. The average molecular weight is 605 g/mol. The van der Waals surface area contributed by atoms with Crippen molar-refractivity contribution >= 4 is 7.60 Å². The summed E-state index contributed by atoms with van der Waals surface area (Å²) in [5.41, 5.74) is -1.09. The van der Waals surface area contributed by atoms with E-state index in [1.165, 1.54) is 13.8 Å². The number of hydrogen-bond donors (Lipinski definition) is 0. The maximum Gasteiger partial charge on any atom is 0.399 e. The van der Waals surface area contributed by atoms with Crippen molar-refractivity contribution in [2.75, 3.05) is 19.8 Å². The highest BCUT2D eigenvalue weighted by atomic mass is 31.2. The summed E-state index contributed by atoms with van der Waals surface area (Å²) in [5.74, 6) is 0. The molecule has 0 saturated carbocycles. The van der Waals surface area contributed by atoms with E-state index in [4.69, 9.17) is 28.0 Å². The predicted molar refractivity (Wildman–Crippen MR) is 155 cm³/mol. The van der Waals surface area contributed by atoms with E-state index in [-0.39, 0.29) is 33.0 Å². The Morgan fingerprint density at radius 1 is 0.690 bits per heavy atom. The van der Waals surface area contributed by atoms with Crippen molar-refractivity contribution < 1.29 is 41.3 Å². The molecule has 10 heteroatoms. The Hall–Kier alpha value is -2.49. The van der Waals surface area contributed by atoms with Crippen molar-refractivity contribution in [2.45, 2.75) is 70.2 Å². The summed E-state index contributed by atoms with van der Waals surface area (Å²) < 4.78 is 79.3. The summed E-state index contributed by atoms with van der Waals surface area (Å²) in [4.78, 5) is 0. The molecular weight excluding hydrogens is 565 g/mol. The third kappa shape index (κ3) is 8.77. The Balaban J connectivity index is 1.58. The zero-order chi connectivity index (χ0) is 29.8. The van der Waals surface area contributed by atoms with Crippen LogP contribution in [0.5, 0.6) is 0 Å². The molecule has 0 aliphatic carbocycles. The van der Waals surface area contributed by atoms with Gasteiger partial charge in [-0.2, -0.15) is 8.78 Å². The summed E-state index contributed by atoms with van der Waals surface area (Å²) in [7, 11) is -4.78. The molecule has 0 unspecified atom stereocenters. The van der Waals surface area contributed by atoms with Crippen molar-refractivity contribution in [3.63, 3.8) is 0 Å². The van der Waals surface area contributed by atoms with Gasteiger partial charge in [0, 0.05) is 0 Å². The predicted octanol–water partition coefficient (Wildman–Crippen LogP) is 7.39. The van der Waals surface area contributed by atoms with E-state index in [9.17, 15) is 4.57 Å². The Kier molecular flexibility index (Phi) is 12.2. The molecule has 1 heterocycles. The summed E-state index contributed by atoms with van der Waals surface area (Å²) in [5, 5.41) is 0. The van der Waals surface area contributed by atoms with E-state index in [0.29, 0.717) is 6.61 Å². The van der Waals surface area contributed by atoms with Crippen LogP contribution in [0.1, 0.15) is 37.0 Å². The SMILES string of the molecule is CCOP(=O)(OCC)C(F)(F)C[C@H]1O[C@H](COCc2ccccc2)[C@@H](OCc2ccccc2)[C@@H]1OCc1ccccc1. The highest BCUT2D eigenvalue weighted by Gasteiger charge is 2.58. The lowest BCUT2D eigenvalue weighted by molar-refractivity contribution is -0.0916. The van der Waals surface area contributed by atoms with Crippen molar-refractivity contribution in [2.24, 2.45) is 0 Å². The van der Waals surface area contributed by atoms with Crippen LogP contribution in [0.25, 0.3) is 0 Å². The Bertz CT molecular complexity index is 1220. The number of halogens is 2. The van der Waals surface area contributed by atoms with Gasteiger partial charge in [-0.25, -0.2) is 0 Å². The maximum atomic E-state index is 15.7. The normalized spacial score (nSPS) is 21.0. The Morgan fingerprint density at radius 2 is 1.12 bits per heavy atom. The summed E-state index contributed by atoms with van der Waals surface area (Å²) in [6.07, 6.45) is -4.50. The third-order valence-corrected chi connectivity index (χ3v) is 9.00. The standard InChI is InChI=1S/C32H39F2O7P/c1-3-39-42(35,40-4-2)32(33,34)20-28-30(37-22-26-16-10-6-11-17-26)31(38-23-27-18-12-7-13-19-27)29(41-28)24-36-21-25-14-8-5-9-15-25/h5-19,28-31H,3-4,20-24H2,1-2H3/t28-,29-,30-,31-/m1/s1. The molecule has 1 aliphatic heterocycles. The first kappa shape index (κ1) is 32.4. The molecule has 0 N–H and O–H groups in total. The molecule has 1 fully saturated rings. The lowest BCUT2D eigenvalue weighted by atomic mass is 10.0. The second kappa shape index (κ2) is 15.8. The Morgan fingerprint density at radius 3 is 1.57 bits per heavy atom. The zero-order valence-electron chi connectivity index (χ0n) is 24.0. The molecule has 0 aromatic heterocycles. The smallest absolute Gasteiger partial charge is 0.374 e. The molecule has 42 heavy (non-hydrogen) atoms. The summed E-state index contributed by atoms with van der Waals surface area (Å²) in [6, 6.07) is 28.6. The van der Waals surface area contributed by atoms with Gasteiger partial charge >= 0.3 is 13.3 Å². The van der Waals surface area contributed by atoms with Gasteiger partial charge in [0.2, 0.25) is 0 Å². The van der Waals surface area contributed by atoms with Crippen molar-refractivity contribution in [1.29, 1.82) is 0 Å². The lowest BCUT2D eigenvalue weighted by Crippen LogP contribution is -2.40. The van der Waals surface area contributed by atoms with Crippen LogP contribution >= 0.6 is 7.60 Å². The molecule has 3 aromatic carbocycles. The minimum absolute atomic E-state index is 0.0796. The van der Waals surface area contributed by atoms with Gasteiger partial charge < -0.3 is 28.0 Å². The minimum Gasteiger partial charge on any atom is -0.374 e. The molecule has 1 aliphatic rings. The fraction of sp³-hybridized carbons (Fsp3) is 0.438. The van der Waals surface area contributed by atoms with Crippen LogP contribution in [0.3, 0.4) is 0 Å². The minimum atomic E-state index is -4.78. The fourth-order valence-electron chi connectivity index (χ4n) is 4.83. The van der Waals surface area contributed by atoms with Crippen LogP contribution in [0.4, 0.5) is 8.78 Å². The van der Waals surface area contributed by atoms with E-state index < -0.39 is 44.1 Å². The van der Waals surface area contributed by atoms with Gasteiger partial charge in [0.15, 0.2) is 0 Å². The first-order valence-electron chi connectivity index (χ1n) is 14.2. The van der Waals surface area contributed by atoms with E-state index >= 15 is 8.78 Å². The lowest BCUT2D eigenvalue weighted by Gasteiger charge is -2.30. The second-order valence-electron chi connectivity index (χ2n) is 9.94. The molecule has 4 rings (SSSR count). The van der Waals surface area contributed by atoms with Gasteiger partial charge in [-0.3, -0.25) is 4.57 Å². The molecule has 0 bridgehead atoms. The van der Waals surface area contributed by atoms with Crippen molar-refractivity contribution in [1.82, 2.24) is 0 Å². The number of benzene rings is 3. The fourth-order valence-corrected chi connectivity index (χ4v) is 6.36. The van der Waals surface area contributed by atoms with E-state index in [2.05, 4.69) is 0 Å². The first-order valence-corrected chi connectivity index (χ1v) is 15.7. The molecule has 7 nitrogen and oxygen atoms in total. The van der Waals surface area contributed by atoms with Crippen molar-refractivity contribution in [3.05, 3.63) is 108 Å². The van der Waals surface area contributed by atoms with Gasteiger partial charge in [-0.15, -0.1) is 0 Å². The van der Waals surface area contributed by atoms with Crippen LogP contribution < -0.4 is 0 Å². The number of hydrogen-bond acceptors (Lipinski definition) is 7. The number of rotatable bonds is 17. The van der Waals surface area contributed by atoms with Crippen LogP contribution in [0.2, 0.25) is 0 Å². The second-order valence-corrected chi connectivity index (χ2v) is 12.1. The molecule has 0 radical (unpaired) electrons. The van der Waals surface area contributed by atoms with Gasteiger partial charge in [-0.1, -0.05) is 91.0 Å². The van der Waals surface area contributed by atoms with E-state index in [1.807, 2.05) is 91.0 Å². The van der Waals surface area contributed by atoms with Crippen LogP contribution in [0, 0.1) is 0 Å². The maximum absolute atomic E-state index is 15.7. The van der Waals surface area contributed by atoms with Gasteiger partial charge in [0.05, 0.1) is 52.2 Å². The summed E-state index contributed by atoms with van der Waals surface area (Å²) >= 11 is 0. The monoisotopic (exact) mass is 604 g/mol. The van der Waals surface area contributed by atoms with Gasteiger partial charge in [0.1, 0.15) is 18.3 Å². The number of alkyl halides is 2. The van der Waals surface area contributed by atoms with Crippen LogP contribution in [-0.4, -0.2) is 49.9 Å². The molecule has 1 saturated heterocycles. The van der Waals surface area contributed by atoms with Crippen molar-refractivity contribution in [3.8, 4) is 0 Å². The topological polar surface area (TPSA) is 72.5 Å². The molecular formula is C32H39F2O7P. The van der Waals surface area contributed by atoms with Gasteiger partial charge in [-0.05, 0) is 30.5 Å². The molecule has 0 spiro atoms. The molecule has 3 aromatic rings. The molecule has 0 amide bonds. The largest absolute Gasteiger partial charge is 0.399 e. The van der Waals surface area contributed by atoms with Crippen LogP contribution in [-0.2, 0) is 52.4 Å². The molecule has 4 atom stereocenters.